The van der Waals surface area contributed by atoms with E-state index in [2.05, 4.69) is 12.2 Å². The molecule has 0 aliphatic carbocycles. The molecule has 4 heteroatoms. The number of anilines is 1. The number of nitrogens with two attached hydrogens (primary N) is 1. The molecule has 0 radical (unpaired) electrons. The van der Waals surface area contributed by atoms with Gasteiger partial charge in [-0.1, -0.05) is 31.0 Å². The fourth-order valence-corrected chi connectivity index (χ4v) is 1.80. The predicted molar refractivity (Wildman–Crippen MR) is 72.2 cm³/mol. The monoisotopic (exact) mass is 254 g/mol. The molecular weight excluding hydrogens is 236 g/mol. The summed E-state index contributed by atoms with van der Waals surface area (Å²) < 4.78 is 0. The second-order valence-corrected chi connectivity index (χ2v) is 4.54. The van der Waals surface area contributed by atoms with Gasteiger partial charge in [0.15, 0.2) is 0 Å². The number of hydrogen-bond acceptors (Lipinski definition) is 2. The lowest BCUT2D eigenvalue weighted by Crippen LogP contribution is -2.17. The van der Waals surface area contributed by atoms with Crippen molar-refractivity contribution in [3.8, 4) is 0 Å². The highest BCUT2D eigenvalue weighted by Crippen LogP contribution is 2.16. The Morgan fingerprint density at radius 1 is 1.53 bits per heavy atom. The van der Waals surface area contributed by atoms with Crippen LogP contribution >= 0.6 is 11.6 Å². The minimum absolute atomic E-state index is 0.0131. The molecule has 0 saturated carbocycles. The summed E-state index contributed by atoms with van der Waals surface area (Å²) in [6.45, 7) is 2.73. The van der Waals surface area contributed by atoms with Crippen molar-refractivity contribution in [2.24, 2.45) is 11.7 Å². The van der Waals surface area contributed by atoms with Gasteiger partial charge >= 0.3 is 0 Å². The van der Waals surface area contributed by atoms with Crippen LogP contribution in [0.2, 0.25) is 5.02 Å². The van der Waals surface area contributed by atoms with Gasteiger partial charge in [0.1, 0.15) is 0 Å². The molecule has 3 N–H and O–H groups in total. The maximum absolute atomic E-state index is 11.7. The van der Waals surface area contributed by atoms with Crippen molar-refractivity contribution in [2.45, 2.75) is 26.2 Å². The second kappa shape index (κ2) is 7.30. The van der Waals surface area contributed by atoms with Crippen molar-refractivity contribution < 1.29 is 4.79 Å². The van der Waals surface area contributed by atoms with Crippen molar-refractivity contribution in [3.63, 3.8) is 0 Å². The highest BCUT2D eigenvalue weighted by atomic mass is 35.5. The number of carbonyl (C=O) groups is 1. The summed E-state index contributed by atoms with van der Waals surface area (Å²) >= 11 is 5.83. The van der Waals surface area contributed by atoms with Crippen LogP contribution in [0, 0.1) is 5.92 Å². The molecule has 94 valence electrons. The lowest BCUT2D eigenvalue weighted by Gasteiger charge is -2.11. The first-order valence-corrected chi connectivity index (χ1v) is 6.29. The number of rotatable bonds is 6. The summed E-state index contributed by atoms with van der Waals surface area (Å²) in [5.74, 6) is 0.444. The molecule has 3 nitrogen and oxygen atoms in total. The zero-order valence-corrected chi connectivity index (χ0v) is 10.8. The Morgan fingerprint density at radius 3 is 2.88 bits per heavy atom. The minimum atomic E-state index is 0.0131. The molecule has 1 amide bonds. The van der Waals surface area contributed by atoms with E-state index in [1.807, 2.05) is 12.1 Å². The first-order valence-electron chi connectivity index (χ1n) is 5.91. The van der Waals surface area contributed by atoms with Crippen LogP contribution in [0.15, 0.2) is 24.3 Å². The molecule has 1 rings (SSSR count). The molecule has 0 bridgehead atoms. The van der Waals surface area contributed by atoms with Gasteiger partial charge in [0.05, 0.1) is 0 Å². The number of nitrogens with one attached hydrogen (secondary N) is 1. The molecular formula is C13H19ClN2O. The summed E-state index contributed by atoms with van der Waals surface area (Å²) in [4.78, 5) is 11.7. The molecule has 1 unspecified atom stereocenters. The van der Waals surface area contributed by atoms with E-state index in [0.29, 0.717) is 23.9 Å². The highest BCUT2D eigenvalue weighted by Gasteiger charge is 2.08. The third-order valence-corrected chi connectivity index (χ3v) is 3.03. The van der Waals surface area contributed by atoms with Crippen molar-refractivity contribution in [1.82, 2.24) is 0 Å². The van der Waals surface area contributed by atoms with Crippen LogP contribution < -0.4 is 11.1 Å². The molecule has 0 aliphatic rings. The van der Waals surface area contributed by atoms with E-state index in [0.717, 1.165) is 18.5 Å². The molecule has 0 spiro atoms. The molecule has 0 heterocycles. The standard InChI is InChI=1S/C13H19ClN2O/c1-2-10(9-15)6-7-13(17)16-12-5-3-4-11(14)8-12/h3-5,8,10H,2,6-7,9,15H2,1H3,(H,16,17). The normalized spacial score (nSPS) is 12.2. The van der Waals surface area contributed by atoms with Crippen molar-refractivity contribution in [2.75, 3.05) is 11.9 Å². The van der Waals surface area contributed by atoms with Gasteiger partial charge in [-0.15, -0.1) is 0 Å². The van der Waals surface area contributed by atoms with E-state index >= 15 is 0 Å². The Labute approximate surface area is 107 Å². The van der Waals surface area contributed by atoms with Gasteiger partial charge < -0.3 is 11.1 Å². The van der Waals surface area contributed by atoms with Crippen LogP contribution in [0.1, 0.15) is 26.2 Å². The van der Waals surface area contributed by atoms with Crippen LogP contribution in [0.25, 0.3) is 0 Å². The van der Waals surface area contributed by atoms with Crippen LogP contribution in [-0.4, -0.2) is 12.5 Å². The van der Waals surface area contributed by atoms with Crippen LogP contribution in [0.3, 0.4) is 0 Å². The van der Waals surface area contributed by atoms with Crippen molar-refractivity contribution >= 4 is 23.2 Å². The zero-order chi connectivity index (χ0) is 12.7. The van der Waals surface area contributed by atoms with Crippen molar-refractivity contribution in [3.05, 3.63) is 29.3 Å². The van der Waals surface area contributed by atoms with Crippen LogP contribution in [0.4, 0.5) is 5.69 Å². The summed E-state index contributed by atoms with van der Waals surface area (Å²) in [5, 5.41) is 3.44. The Morgan fingerprint density at radius 2 is 2.29 bits per heavy atom. The SMILES string of the molecule is CCC(CN)CCC(=O)Nc1cccc(Cl)c1. The number of benzene rings is 1. The molecule has 0 fully saturated rings. The topological polar surface area (TPSA) is 55.1 Å². The van der Waals surface area contributed by atoms with E-state index < -0.39 is 0 Å². The summed E-state index contributed by atoms with van der Waals surface area (Å²) in [6.07, 6.45) is 2.35. The van der Waals surface area contributed by atoms with E-state index in [4.69, 9.17) is 17.3 Å². The Balaban J connectivity index is 2.39. The van der Waals surface area contributed by atoms with Gasteiger partial charge in [0, 0.05) is 17.1 Å². The maximum Gasteiger partial charge on any atom is 0.224 e. The molecule has 0 saturated heterocycles. The summed E-state index contributed by atoms with van der Waals surface area (Å²) in [5.41, 5.74) is 6.33. The molecule has 1 aromatic rings. The number of halogens is 1. The van der Waals surface area contributed by atoms with E-state index in [1.165, 1.54) is 0 Å². The second-order valence-electron chi connectivity index (χ2n) is 4.11. The first kappa shape index (κ1) is 14.0. The summed E-state index contributed by atoms with van der Waals surface area (Å²) in [7, 11) is 0. The minimum Gasteiger partial charge on any atom is -0.330 e. The smallest absolute Gasteiger partial charge is 0.224 e. The molecule has 1 atom stereocenters. The predicted octanol–water partition coefficient (Wildman–Crippen LogP) is 3.04. The Bertz CT molecular complexity index is 364. The zero-order valence-electron chi connectivity index (χ0n) is 10.1. The molecule has 0 aromatic heterocycles. The average molecular weight is 255 g/mol. The van der Waals surface area contributed by atoms with Crippen molar-refractivity contribution in [1.29, 1.82) is 0 Å². The quantitative estimate of drug-likeness (QED) is 0.820. The Kier molecular flexibility index (Phi) is 6.01. The molecule has 1 aromatic carbocycles. The van der Waals surface area contributed by atoms with Gasteiger partial charge in [0.25, 0.3) is 0 Å². The van der Waals surface area contributed by atoms with Gasteiger partial charge in [-0.25, -0.2) is 0 Å². The molecule has 17 heavy (non-hydrogen) atoms. The van der Waals surface area contributed by atoms with Gasteiger partial charge in [0.2, 0.25) is 5.91 Å². The third kappa shape index (κ3) is 5.20. The van der Waals surface area contributed by atoms with E-state index in [9.17, 15) is 4.79 Å². The highest BCUT2D eigenvalue weighted by molar-refractivity contribution is 6.30. The number of hydrogen-bond donors (Lipinski definition) is 2. The number of amides is 1. The van der Waals surface area contributed by atoms with Crippen LogP contribution in [-0.2, 0) is 4.79 Å². The Hall–Kier alpha value is -1.06. The number of carbonyl (C=O) groups excluding carboxylic acids is 1. The summed E-state index contributed by atoms with van der Waals surface area (Å²) in [6, 6.07) is 7.15. The third-order valence-electron chi connectivity index (χ3n) is 2.80. The van der Waals surface area contributed by atoms with Crippen LogP contribution in [0.5, 0.6) is 0 Å². The van der Waals surface area contributed by atoms with Gasteiger partial charge in [-0.05, 0) is 37.1 Å². The van der Waals surface area contributed by atoms with E-state index in [-0.39, 0.29) is 5.91 Å². The van der Waals surface area contributed by atoms with E-state index in [1.54, 1.807) is 12.1 Å². The van der Waals surface area contributed by atoms with Gasteiger partial charge in [-0.3, -0.25) is 4.79 Å². The molecule has 0 aliphatic heterocycles. The lowest BCUT2D eigenvalue weighted by molar-refractivity contribution is -0.116. The fourth-order valence-electron chi connectivity index (χ4n) is 1.61. The average Bonchev–Trinajstić information content (AvgIpc) is 2.30. The van der Waals surface area contributed by atoms with Gasteiger partial charge in [-0.2, -0.15) is 0 Å². The fraction of sp³-hybridized carbons (Fsp3) is 0.462. The first-order chi connectivity index (χ1) is 8.15. The largest absolute Gasteiger partial charge is 0.330 e. The maximum atomic E-state index is 11.7. The lowest BCUT2D eigenvalue weighted by atomic mass is 10.0.